The molecule has 0 aromatic carbocycles. The molecule has 1 saturated heterocycles. The summed E-state index contributed by atoms with van der Waals surface area (Å²) in [6.07, 6.45) is 1.66. The predicted molar refractivity (Wildman–Crippen MR) is 50.9 cm³/mol. The zero-order chi connectivity index (χ0) is 9.26. The summed E-state index contributed by atoms with van der Waals surface area (Å²) in [5.41, 5.74) is 0. The third-order valence-electron chi connectivity index (χ3n) is 2.33. The third-order valence-corrected chi connectivity index (χ3v) is 3.32. The Labute approximate surface area is 80.4 Å². The lowest BCUT2D eigenvalue weighted by atomic mass is 10.2. The maximum atomic E-state index is 10.7. The Morgan fingerprint density at radius 3 is 3.00 bits per heavy atom. The largest absolute Gasteiger partial charge is 0.480 e. The van der Waals surface area contributed by atoms with E-state index in [1.54, 1.807) is 11.3 Å². The van der Waals surface area contributed by atoms with Crippen molar-refractivity contribution in [3.8, 4) is 0 Å². The highest BCUT2D eigenvalue weighted by atomic mass is 32.1. The summed E-state index contributed by atoms with van der Waals surface area (Å²) in [5.74, 6) is -0.737. The van der Waals surface area contributed by atoms with E-state index in [1.165, 1.54) is 4.88 Å². The summed E-state index contributed by atoms with van der Waals surface area (Å²) in [6.45, 7) is 0. The lowest BCUT2D eigenvalue weighted by Gasteiger charge is -2.08. The minimum absolute atomic E-state index is 0.251. The molecule has 0 spiro atoms. The molecule has 1 aromatic heterocycles. The zero-order valence-electron chi connectivity index (χ0n) is 7.06. The van der Waals surface area contributed by atoms with Crippen molar-refractivity contribution in [3.05, 3.63) is 22.4 Å². The molecule has 1 aliphatic rings. The standard InChI is InChI=1S/C9H11NO2S/c11-9(12)7-4-3-6(10-7)8-2-1-5-13-8/h1-2,5-7,10H,3-4H2,(H,11,12). The molecule has 1 fully saturated rings. The van der Waals surface area contributed by atoms with Crippen molar-refractivity contribution in [2.45, 2.75) is 24.9 Å². The van der Waals surface area contributed by atoms with Gasteiger partial charge in [0.25, 0.3) is 0 Å². The van der Waals surface area contributed by atoms with E-state index in [1.807, 2.05) is 17.5 Å². The lowest BCUT2D eigenvalue weighted by molar-refractivity contribution is -0.139. The Morgan fingerprint density at radius 1 is 1.62 bits per heavy atom. The molecule has 0 aliphatic carbocycles. The van der Waals surface area contributed by atoms with Gasteiger partial charge in [-0.2, -0.15) is 0 Å². The van der Waals surface area contributed by atoms with Crippen molar-refractivity contribution in [1.82, 2.24) is 5.32 Å². The zero-order valence-corrected chi connectivity index (χ0v) is 7.88. The van der Waals surface area contributed by atoms with E-state index < -0.39 is 5.97 Å². The fraction of sp³-hybridized carbons (Fsp3) is 0.444. The van der Waals surface area contributed by atoms with Gasteiger partial charge in [0.05, 0.1) is 0 Å². The van der Waals surface area contributed by atoms with Crippen LogP contribution in [0.15, 0.2) is 17.5 Å². The number of nitrogens with one attached hydrogen (secondary N) is 1. The molecule has 70 valence electrons. The Morgan fingerprint density at radius 2 is 2.46 bits per heavy atom. The maximum Gasteiger partial charge on any atom is 0.320 e. The van der Waals surface area contributed by atoms with E-state index >= 15 is 0 Å². The monoisotopic (exact) mass is 197 g/mol. The lowest BCUT2D eigenvalue weighted by Crippen LogP contribution is -2.31. The van der Waals surface area contributed by atoms with Crippen LogP contribution in [-0.4, -0.2) is 17.1 Å². The van der Waals surface area contributed by atoms with Crippen LogP contribution in [0.4, 0.5) is 0 Å². The van der Waals surface area contributed by atoms with Crippen LogP contribution in [-0.2, 0) is 4.79 Å². The van der Waals surface area contributed by atoms with E-state index in [0.717, 1.165) is 12.8 Å². The molecule has 0 saturated carbocycles. The van der Waals surface area contributed by atoms with Gasteiger partial charge < -0.3 is 5.11 Å². The third kappa shape index (κ3) is 1.73. The number of thiophene rings is 1. The molecular weight excluding hydrogens is 186 g/mol. The van der Waals surface area contributed by atoms with Crippen LogP contribution in [0.2, 0.25) is 0 Å². The van der Waals surface area contributed by atoms with Gasteiger partial charge in [-0.15, -0.1) is 11.3 Å². The van der Waals surface area contributed by atoms with Crippen LogP contribution < -0.4 is 5.32 Å². The highest BCUT2D eigenvalue weighted by Gasteiger charge is 2.29. The highest BCUT2D eigenvalue weighted by Crippen LogP contribution is 2.29. The molecule has 0 amide bonds. The van der Waals surface area contributed by atoms with Crippen LogP contribution in [0.25, 0.3) is 0 Å². The molecule has 4 heteroatoms. The van der Waals surface area contributed by atoms with Crippen LogP contribution in [0, 0.1) is 0 Å². The second kappa shape index (κ2) is 3.47. The van der Waals surface area contributed by atoms with Crippen LogP contribution in [0.3, 0.4) is 0 Å². The Hall–Kier alpha value is -0.870. The topological polar surface area (TPSA) is 49.3 Å². The van der Waals surface area contributed by atoms with E-state index in [9.17, 15) is 4.79 Å². The first kappa shape index (κ1) is 8.72. The molecule has 2 heterocycles. The fourth-order valence-corrected chi connectivity index (χ4v) is 2.47. The van der Waals surface area contributed by atoms with E-state index in [4.69, 9.17) is 5.11 Å². The summed E-state index contributed by atoms with van der Waals surface area (Å²) in [6, 6.07) is 3.94. The van der Waals surface area contributed by atoms with Crippen molar-refractivity contribution >= 4 is 17.3 Å². The maximum absolute atomic E-state index is 10.7. The van der Waals surface area contributed by atoms with Crippen molar-refractivity contribution in [2.75, 3.05) is 0 Å². The molecule has 13 heavy (non-hydrogen) atoms. The molecular formula is C9H11NO2S. The van der Waals surface area contributed by atoms with Gasteiger partial charge in [-0.05, 0) is 24.3 Å². The van der Waals surface area contributed by atoms with Crippen LogP contribution >= 0.6 is 11.3 Å². The number of carboxylic acid groups (broad SMARTS) is 1. The molecule has 1 aromatic rings. The van der Waals surface area contributed by atoms with Crippen molar-refractivity contribution < 1.29 is 9.90 Å². The molecule has 2 atom stereocenters. The number of aliphatic carboxylic acids is 1. The van der Waals surface area contributed by atoms with Crippen LogP contribution in [0.5, 0.6) is 0 Å². The number of carboxylic acids is 1. The molecule has 1 aliphatic heterocycles. The van der Waals surface area contributed by atoms with Gasteiger partial charge in [0.15, 0.2) is 0 Å². The first-order valence-corrected chi connectivity index (χ1v) is 5.17. The fourth-order valence-electron chi connectivity index (χ4n) is 1.65. The Bertz CT molecular complexity index is 297. The minimum Gasteiger partial charge on any atom is -0.480 e. The van der Waals surface area contributed by atoms with Crippen molar-refractivity contribution in [1.29, 1.82) is 0 Å². The predicted octanol–water partition coefficient (Wildman–Crippen LogP) is 1.63. The van der Waals surface area contributed by atoms with Crippen LogP contribution in [0.1, 0.15) is 23.8 Å². The summed E-state index contributed by atoms with van der Waals surface area (Å²) in [5, 5.41) is 13.9. The summed E-state index contributed by atoms with van der Waals surface area (Å²) >= 11 is 1.68. The number of carbonyl (C=O) groups is 1. The van der Waals surface area contributed by atoms with E-state index in [0.29, 0.717) is 0 Å². The Kier molecular flexibility index (Phi) is 2.33. The quantitative estimate of drug-likeness (QED) is 0.757. The second-order valence-corrected chi connectivity index (χ2v) is 4.18. The first-order valence-electron chi connectivity index (χ1n) is 4.29. The number of hydrogen-bond donors (Lipinski definition) is 2. The molecule has 0 bridgehead atoms. The van der Waals surface area contributed by atoms with E-state index in [-0.39, 0.29) is 12.1 Å². The SMILES string of the molecule is O=C(O)C1CCC(c2cccs2)N1. The average molecular weight is 197 g/mol. The minimum atomic E-state index is -0.737. The first-order chi connectivity index (χ1) is 6.27. The molecule has 0 radical (unpaired) electrons. The molecule has 3 nitrogen and oxygen atoms in total. The normalized spacial score (nSPS) is 27.7. The van der Waals surface area contributed by atoms with Gasteiger partial charge >= 0.3 is 5.97 Å². The van der Waals surface area contributed by atoms with Crippen molar-refractivity contribution in [3.63, 3.8) is 0 Å². The molecule has 2 rings (SSSR count). The number of hydrogen-bond acceptors (Lipinski definition) is 3. The highest BCUT2D eigenvalue weighted by molar-refractivity contribution is 7.10. The summed E-state index contributed by atoms with van der Waals surface area (Å²) in [4.78, 5) is 11.9. The van der Waals surface area contributed by atoms with Gasteiger partial charge in [0.2, 0.25) is 0 Å². The molecule has 2 unspecified atom stereocenters. The Balaban J connectivity index is 2.03. The van der Waals surface area contributed by atoms with Gasteiger partial charge in [-0.25, -0.2) is 0 Å². The average Bonchev–Trinajstić information content (AvgIpc) is 2.75. The summed E-state index contributed by atoms with van der Waals surface area (Å²) < 4.78 is 0. The molecule has 2 N–H and O–H groups in total. The van der Waals surface area contributed by atoms with Gasteiger partial charge in [-0.3, -0.25) is 10.1 Å². The number of rotatable bonds is 2. The summed E-state index contributed by atoms with van der Waals surface area (Å²) in [7, 11) is 0. The smallest absolute Gasteiger partial charge is 0.320 e. The second-order valence-electron chi connectivity index (χ2n) is 3.20. The van der Waals surface area contributed by atoms with E-state index in [2.05, 4.69) is 5.32 Å². The van der Waals surface area contributed by atoms with Crippen molar-refractivity contribution in [2.24, 2.45) is 0 Å². The van der Waals surface area contributed by atoms with Gasteiger partial charge in [0, 0.05) is 10.9 Å². The van der Waals surface area contributed by atoms with Gasteiger partial charge in [0.1, 0.15) is 6.04 Å². The van der Waals surface area contributed by atoms with Gasteiger partial charge in [-0.1, -0.05) is 6.07 Å².